The zero-order chi connectivity index (χ0) is 29.5. The highest BCUT2D eigenvalue weighted by Crippen LogP contribution is 2.31. The molecular formula is C33H49N5O4. The number of hydrogen-bond acceptors (Lipinski definition) is 5. The molecule has 230 valence electrons. The van der Waals surface area contributed by atoms with Crippen molar-refractivity contribution >= 4 is 23.5 Å². The maximum Gasteiger partial charge on any atom is 0.326 e. The molecule has 9 nitrogen and oxygen atoms in total. The predicted octanol–water partition coefficient (Wildman–Crippen LogP) is 4.60. The van der Waals surface area contributed by atoms with Crippen LogP contribution in [-0.2, 0) is 9.59 Å². The molecule has 4 amide bonds. The Morgan fingerprint density at radius 2 is 1.67 bits per heavy atom. The van der Waals surface area contributed by atoms with Gasteiger partial charge in [-0.1, -0.05) is 31.9 Å². The summed E-state index contributed by atoms with van der Waals surface area (Å²) in [5.41, 5.74) is 2.50. The Kier molecular flexibility index (Phi) is 10.4. The number of rotatable bonds is 9. The molecule has 42 heavy (non-hydrogen) atoms. The monoisotopic (exact) mass is 579 g/mol. The molecule has 5 rings (SSSR count). The highest BCUT2D eigenvalue weighted by molar-refractivity contribution is 5.95. The number of ether oxygens (including phenoxy) is 1. The van der Waals surface area contributed by atoms with Crippen molar-refractivity contribution in [1.29, 1.82) is 0 Å². The molecule has 4 fully saturated rings. The number of hydrogen-bond donors (Lipinski definition) is 2. The van der Waals surface area contributed by atoms with Gasteiger partial charge in [-0.05, 0) is 88.4 Å². The topological polar surface area (TPSA) is 94.2 Å². The van der Waals surface area contributed by atoms with Crippen molar-refractivity contribution in [3.05, 3.63) is 36.0 Å². The Bertz CT molecular complexity index is 1120. The van der Waals surface area contributed by atoms with E-state index in [9.17, 15) is 14.4 Å². The van der Waals surface area contributed by atoms with Crippen LogP contribution in [0.5, 0.6) is 5.75 Å². The van der Waals surface area contributed by atoms with Crippen LogP contribution < -0.4 is 20.3 Å². The molecule has 1 aliphatic carbocycles. The summed E-state index contributed by atoms with van der Waals surface area (Å²) in [4.78, 5) is 43.8. The van der Waals surface area contributed by atoms with Gasteiger partial charge in [0.2, 0.25) is 5.91 Å². The number of carbonyl (C=O) groups is 3. The third kappa shape index (κ3) is 8.27. The second kappa shape index (κ2) is 14.4. The van der Waals surface area contributed by atoms with Crippen LogP contribution in [0.2, 0.25) is 0 Å². The van der Waals surface area contributed by atoms with Gasteiger partial charge in [-0.2, -0.15) is 0 Å². The van der Waals surface area contributed by atoms with Crippen molar-refractivity contribution in [3.8, 4) is 5.75 Å². The van der Waals surface area contributed by atoms with Crippen LogP contribution in [0, 0.1) is 18.8 Å². The third-order valence-corrected chi connectivity index (χ3v) is 9.68. The van der Waals surface area contributed by atoms with E-state index in [1.165, 1.54) is 25.7 Å². The van der Waals surface area contributed by atoms with E-state index >= 15 is 0 Å². The number of piperidine rings is 2. The Morgan fingerprint density at radius 3 is 2.36 bits per heavy atom. The second-order valence-corrected chi connectivity index (χ2v) is 12.9. The largest absolute Gasteiger partial charge is 0.484 e. The first-order valence-electron chi connectivity index (χ1n) is 16.1. The molecule has 0 atom stereocenters. The van der Waals surface area contributed by atoms with Crippen LogP contribution in [0.25, 0.3) is 0 Å². The molecular weight excluding hydrogens is 530 g/mol. The summed E-state index contributed by atoms with van der Waals surface area (Å²) in [6.07, 6.45) is 12.4. The van der Waals surface area contributed by atoms with Crippen molar-refractivity contribution in [1.82, 2.24) is 20.4 Å². The summed E-state index contributed by atoms with van der Waals surface area (Å²) in [6, 6.07) is 5.83. The average molecular weight is 580 g/mol. The van der Waals surface area contributed by atoms with E-state index in [-0.39, 0.29) is 24.5 Å². The summed E-state index contributed by atoms with van der Waals surface area (Å²) in [5.74, 6) is 2.18. The van der Waals surface area contributed by atoms with E-state index in [1.807, 2.05) is 30.0 Å². The number of likely N-dealkylation sites (tertiary alicyclic amines) is 2. The van der Waals surface area contributed by atoms with Gasteiger partial charge in [0.25, 0.3) is 5.91 Å². The van der Waals surface area contributed by atoms with E-state index in [2.05, 4.69) is 22.1 Å². The van der Waals surface area contributed by atoms with Gasteiger partial charge in [0.15, 0.2) is 6.61 Å². The molecule has 3 saturated heterocycles. The van der Waals surface area contributed by atoms with Crippen molar-refractivity contribution in [3.63, 3.8) is 0 Å². The molecule has 3 aliphatic heterocycles. The quantitative estimate of drug-likeness (QED) is 0.446. The van der Waals surface area contributed by atoms with Crippen LogP contribution in [0.3, 0.4) is 0 Å². The fourth-order valence-corrected chi connectivity index (χ4v) is 7.06. The molecule has 2 N–H and O–H groups in total. The third-order valence-electron chi connectivity index (χ3n) is 9.68. The van der Waals surface area contributed by atoms with E-state index < -0.39 is 0 Å². The lowest BCUT2D eigenvalue weighted by molar-refractivity contribution is -0.134. The first kappa shape index (κ1) is 30.4. The molecule has 3 heterocycles. The maximum atomic E-state index is 12.9. The number of urea groups is 1. The number of nitrogens with one attached hydrogen (secondary N) is 2. The van der Waals surface area contributed by atoms with E-state index in [1.54, 1.807) is 4.90 Å². The van der Waals surface area contributed by atoms with Crippen molar-refractivity contribution < 1.29 is 19.1 Å². The van der Waals surface area contributed by atoms with Gasteiger partial charge in [0, 0.05) is 43.9 Å². The van der Waals surface area contributed by atoms with Gasteiger partial charge >= 0.3 is 6.03 Å². The fourth-order valence-electron chi connectivity index (χ4n) is 7.06. The van der Waals surface area contributed by atoms with Crippen LogP contribution in [0.15, 0.2) is 30.5 Å². The van der Waals surface area contributed by atoms with Crippen LogP contribution in [0.4, 0.5) is 10.5 Å². The van der Waals surface area contributed by atoms with E-state index in [0.29, 0.717) is 43.1 Å². The van der Waals surface area contributed by atoms with E-state index in [0.717, 1.165) is 81.7 Å². The maximum absolute atomic E-state index is 12.9. The van der Waals surface area contributed by atoms with Crippen molar-refractivity contribution in [2.24, 2.45) is 11.8 Å². The van der Waals surface area contributed by atoms with Gasteiger partial charge in [0.05, 0.1) is 12.2 Å². The summed E-state index contributed by atoms with van der Waals surface area (Å²) in [6.45, 7) is 10.5. The standard InChI is InChI=1S/C33H49N5O4/c1-24-8-9-29(21-30(24)38-19-10-25(2)34-33(38)41)42-23-32(40)37-17-13-27(14-18-37)20-26-11-15-36(16-12-26)22-31(39)35-28-6-4-3-5-7-28/h8-9,21,26-28H,2-7,10-20,22-23H2,1H3,(H,34,41)(H,35,39). The minimum absolute atomic E-state index is 0.00293. The first-order chi connectivity index (χ1) is 20.3. The minimum Gasteiger partial charge on any atom is -0.484 e. The lowest BCUT2D eigenvalue weighted by Crippen LogP contribution is -2.45. The molecule has 4 aliphatic rings. The first-order valence-corrected chi connectivity index (χ1v) is 16.1. The predicted molar refractivity (Wildman–Crippen MR) is 164 cm³/mol. The molecule has 9 heteroatoms. The SMILES string of the molecule is C=C1CCN(c2cc(OCC(=O)N3CCC(CC4CCN(CC(=O)NC5CCCCC5)CC4)CC3)ccc2C)C(=O)N1. The lowest BCUT2D eigenvalue weighted by Gasteiger charge is -2.36. The molecule has 0 aromatic heterocycles. The van der Waals surface area contributed by atoms with Gasteiger partial charge < -0.3 is 20.3 Å². The smallest absolute Gasteiger partial charge is 0.326 e. The normalized spacial score (nSPS) is 21.7. The number of aryl methyl sites for hydroxylation is 1. The van der Waals surface area contributed by atoms with Gasteiger partial charge in [0.1, 0.15) is 5.75 Å². The summed E-state index contributed by atoms with van der Waals surface area (Å²) in [5, 5.41) is 6.05. The van der Waals surface area contributed by atoms with Gasteiger partial charge in [-0.15, -0.1) is 0 Å². The highest BCUT2D eigenvalue weighted by atomic mass is 16.5. The molecule has 1 aromatic rings. The van der Waals surface area contributed by atoms with Gasteiger partial charge in [-0.3, -0.25) is 19.4 Å². The summed E-state index contributed by atoms with van der Waals surface area (Å²) < 4.78 is 5.89. The summed E-state index contributed by atoms with van der Waals surface area (Å²) >= 11 is 0. The second-order valence-electron chi connectivity index (χ2n) is 12.9. The van der Waals surface area contributed by atoms with Crippen LogP contribution in [-0.4, -0.2) is 79.6 Å². The molecule has 0 unspecified atom stereocenters. The van der Waals surface area contributed by atoms with Crippen LogP contribution in [0.1, 0.15) is 76.2 Å². The minimum atomic E-state index is -0.187. The fraction of sp³-hybridized carbons (Fsp3) is 0.667. The number of carbonyl (C=O) groups excluding carboxylic acids is 3. The van der Waals surface area contributed by atoms with Gasteiger partial charge in [-0.25, -0.2) is 4.79 Å². The Hall–Kier alpha value is -3.07. The molecule has 0 bridgehead atoms. The number of amides is 4. The average Bonchev–Trinajstić information content (AvgIpc) is 2.99. The zero-order valence-corrected chi connectivity index (χ0v) is 25.4. The Morgan fingerprint density at radius 1 is 0.976 bits per heavy atom. The molecule has 0 spiro atoms. The van der Waals surface area contributed by atoms with Crippen molar-refractivity contribution in [2.45, 2.75) is 83.6 Å². The number of benzene rings is 1. The number of nitrogens with zero attached hydrogens (tertiary/aromatic N) is 3. The van der Waals surface area contributed by atoms with E-state index in [4.69, 9.17) is 4.74 Å². The van der Waals surface area contributed by atoms with Crippen LogP contribution >= 0.6 is 0 Å². The zero-order valence-electron chi connectivity index (χ0n) is 25.4. The Balaban J connectivity index is 0.990. The van der Waals surface area contributed by atoms with Crippen molar-refractivity contribution in [2.75, 3.05) is 50.8 Å². The Labute approximate surface area is 251 Å². The molecule has 0 radical (unpaired) electrons. The lowest BCUT2D eigenvalue weighted by atomic mass is 9.83. The molecule has 1 aromatic carbocycles. The number of anilines is 1. The molecule has 1 saturated carbocycles. The summed E-state index contributed by atoms with van der Waals surface area (Å²) in [7, 11) is 0. The highest BCUT2D eigenvalue weighted by Gasteiger charge is 2.28.